The number of aliphatic hydroxyl groups excluding tert-OH is 1. The van der Waals surface area contributed by atoms with E-state index in [0.29, 0.717) is 0 Å². The molecule has 1 heterocycles. The average molecular weight is 159 g/mol. The molecule has 0 aliphatic carbocycles. The summed E-state index contributed by atoms with van der Waals surface area (Å²) >= 11 is 0. The minimum atomic E-state index is -0.136. The van der Waals surface area contributed by atoms with E-state index in [1.807, 2.05) is 0 Å². The van der Waals surface area contributed by atoms with Crippen molar-refractivity contribution in [3.05, 3.63) is 6.20 Å². The molecule has 0 bridgehead atoms. The highest BCUT2D eigenvalue weighted by molar-refractivity contribution is 5.42. The normalized spacial score (nSPS) is 9.91. The van der Waals surface area contributed by atoms with Gasteiger partial charge in [0.2, 0.25) is 5.82 Å². The van der Waals surface area contributed by atoms with E-state index >= 15 is 0 Å². The lowest BCUT2D eigenvalue weighted by atomic mass is 10.6. The van der Waals surface area contributed by atoms with Crippen molar-refractivity contribution < 1.29 is 15.1 Å². The first-order chi connectivity index (χ1) is 5.25. The third-order valence-electron chi connectivity index (χ3n) is 1.06. The molecule has 0 unspecified atom stereocenters. The number of nitrogens with two attached hydrogens (primary N) is 1. The van der Waals surface area contributed by atoms with Crippen LogP contribution in [0.25, 0.3) is 0 Å². The number of hydrogen-bond acceptors (Lipinski definition) is 5. The zero-order chi connectivity index (χ0) is 8.27. The Morgan fingerprint density at radius 3 is 2.91 bits per heavy atom. The van der Waals surface area contributed by atoms with Crippen molar-refractivity contribution >= 4 is 5.82 Å². The van der Waals surface area contributed by atoms with Crippen molar-refractivity contribution in [2.45, 2.75) is 0 Å². The van der Waals surface area contributed by atoms with Crippen LogP contribution in [0.5, 0.6) is 5.75 Å². The number of anilines is 1. The lowest BCUT2D eigenvalue weighted by Crippen LogP contribution is -2.18. The number of nitrogens with zero attached hydrogens (tertiary/aromatic N) is 2. The fourth-order valence-electron chi connectivity index (χ4n) is 0.564. The molecule has 6 nitrogen and oxygen atoms in total. The van der Waals surface area contributed by atoms with Crippen LogP contribution in [0.4, 0.5) is 5.82 Å². The Hall–Kier alpha value is -1.43. The summed E-state index contributed by atoms with van der Waals surface area (Å²) in [6, 6.07) is 0. The van der Waals surface area contributed by atoms with E-state index in [1.54, 1.807) is 0 Å². The second-order valence-electron chi connectivity index (χ2n) is 1.84. The van der Waals surface area contributed by atoms with Crippen LogP contribution in [0.3, 0.4) is 0 Å². The average Bonchev–Trinajstić information content (AvgIpc) is 2.31. The highest BCUT2D eigenvalue weighted by Crippen LogP contribution is 2.15. The maximum Gasteiger partial charge on any atom is 0.205 e. The quantitative estimate of drug-likeness (QED) is 0.504. The van der Waals surface area contributed by atoms with Gasteiger partial charge in [-0.3, -0.25) is 0 Å². The van der Waals surface area contributed by atoms with Gasteiger partial charge >= 0.3 is 0 Å². The first kappa shape index (κ1) is 7.67. The first-order valence-electron chi connectivity index (χ1n) is 3.02. The molecule has 4 N–H and O–H groups in total. The maximum absolute atomic E-state index is 8.89. The number of aromatic hydroxyl groups is 1. The molecule has 0 radical (unpaired) electrons. The number of nitrogen functional groups attached to an aromatic ring is 1. The van der Waals surface area contributed by atoms with Gasteiger partial charge in [-0.05, 0) is 0 Å². The van der Waals surface area contributed by atoms with Crippen LogP contribution < -0.4 is 10.6 Å². The standard InChI is InChI=1S/C5H9N3O3/c6-5-4(10)3-7-8(5)11-2-1-9/h3,9-10H,1-2,6H2. The van der Waals surface area contributed by atoms with Gasteiger partial charge in [-0.2, -0.15) is 0 Å². The molecule has 1 aromatic rings. The van der Waals surface area contributed by atoms with Gasteiger partial charge in [-0.15, -0.1) is 5.10 Å². The van der Waals surface area contributed by atoms with Gasteiger partial charge in [0.05, 0.1) is 12.8 Å². The molecule has 6 heteroatoms. The summed E-state index contributed by atoms with van der Waals surface area (Å²) in [5, 5.41) is 20.8. The molecule has 1 rings (SSSR count). The van der Waals surface area contributed by atoms with Gasteiger partial charge < -0.3 is 20.8 Å². The van der Waals surface area contributed by atoms with E-state index in [9.17, 15) is 0 Å². The molecule has 0 amide bonds. The van der Waals surface area contributed by atoms with Crippen molar-refractivity contribution in [1.82, 2.24) is 9.94 Å². The Bertz CT molecular complexity index is 235. The van der Waals surface area contributed by atoms with Gasteiger partial charge in [-0.25, -0.2) is 0 Å². The van der Waals surface area contributed by atoms with E-state index in [2.05, 4.69) is 5.10 Å². The number of rotatable bonds is 3. The lowest BCUT2D eigenvalue weighted by Gasteiger charge is -2.03. The molecule has 0 atom stereocenters. The van der Waals surface area contributed by atoms with E-state index in [4.69, 9.17) is 20.8 Å². The monoisotopic (exact) mass is 159 g/mol. The fourth-order valence-corrected chi connectivity index (χ4v) is 0.564. The number of aliphatic hydroxyl groups is 1. The molecule has 62 valence electrons. The summed E-state index contributed by atoms with van der Waals surface area (Å²) in [5.74, 6) is -0.110. The molecular formula is C5H9N3O3. The molecule has 0 saturated carbocycles. The van der Waals surface area contributed by atoms with E-state index in [0.717, 1.165) is 11.0 Å². The molecule has 11 heavy (non-hydrogen) atoms. The van der Waals surface area contributed by atoms with Crippen LogP contribution in [0, 0.1) is 0 Å². The predicted molar refractivity (Wildman–Crippen MR) is 36.8 cm³/mol. The Kier molecular flexibility index (Phi) is 2.17. The van der Waals surface area contributed by atoms with Crippen LogP contribution in [0.15, 0.2) is 6.20 Å². The van der Waals surface area contributed by atoms with E-state index < -0.39 is 0 Å². The van der Waals surface area contributed by atoms with Crippen LogP contribution in [-0.4, -0.2) is 33.4 Å². The fraction of sp³-hybridized carbons (Fsp3) is 0.400. The van der Waals surface area contributed by atoms with Crippen LogP contribution >= 0.6 is 0 Å². The summed E-state index contributed by atoms with van der Waals surface area (Å²) < 4.78 is 0. The Morgan fingerprint density at radius 1 is 1.73 bits per heavy atom. The number of hydrogen-bond donors (Lipinski definition) is 3. The molecule has 0 saturated heterocycles. The largest absolute Gasteiger partial charge is 0.503 e. The van der Waals surface area contributed by atoms with Gasteiger partial charge in [0.1, 0.15) is 6.61 Å². The highest BCUT2D eigenvalue weighted by Gasteiger charge is 2.04. The second-order valence-corrected chi connectivity index (χ2v) is 1.84. The molecule has 0 aromatic carbocycles. The zero-order valence-corrected chi connectivity index (χ0v) is 5.77. The van der Waals surface area contributed by atoms with E-state index in [-0.39, 0.29) is 24.8 Å². The maximum atomic E-state index is 8.89. The van der Waals surface area contributed by atoms with Crippen molar-refractivity contribution in [1.29, 1.82) is 0 Å². The SMILES string of the molecule is Nc1c(O)cnn1OCCO. The van der Waals surface area contributed by atoms with Crippen molar-refractivity contribution in [3.63, 3.8) is 0 Å². The van der Waals surface area contributed by atoms with Crippen molar-refractivity contribution in [2.24, 2.45) is 0 Å². The van der Waals surface area contributed by atoms with Gasteiger partial charge in [-0.1, -0.05) is 4.85 Å². The summed E-state index contributed by atoms with van der Waals surface area (Å²) in [5.41, 5.74) is 5.29. The molecule has 0 fully saturated rings. The molecule has 0 spiro atoms. The number of aromatic nitrogens is 2. The van der Waals surface area contributed by atoms with E-state index in [1.165, 1.54) is 0 Å². The minimum Gasteiger partial charge on any atom is -0.503 e. The Morgan fingerprint density at radius 2 is 2.45 bits per heavy atom. The highest BCUT2D eigenvalue weighted by atomic mass is 16.7. The first-order valence-corrected chi connectivity index (χ1v) is 3.02. The van der Waals surface area contributed by atoms with Crippen LogP contribution in [0.1, 0.15) is 0 Å². The zero-order valence-electron chi connectivity index (χ0n) is 5.77. The Labute approximate surface area is 62.8 Å². The topological polar surface area (TPSA) is 93.5 Å². The summed E-state index contributed by atoms with van der Waals surface area (Å²) in [4.78, 5) is 5.73. The minimum absolute atomic E-state index is 0.0263. The molecule has 1 aromatic heterocycles. The Balaban J connectivity index is 2.63. The summed E-state index contributed by atoms with van der Waals surface area (Å²) in [6.07, 6.45) is 1.16. The van der Waals surface area contributed by atoms with Crippen molar-refractivity contribution in [3.8, 4) is 5.75 Å². The van der Waals surface area contributed by atoms with Gasteiger partial charge in [0, 0.05) is 0 Å². The predicted octanol–water partition coefficient (Wildman–Crippen LogP) is -1.41. The molecule has 0 aliphatic heterocycles. The van der Waals surface area contributed by atoms with Crippen LogP contribution in [0.2, 0.25) is 0 Å². The van der Waals surface area contributed by atoms with Gasteiger partial charge in [0.15, 0.2) is 5.75 Å². The van der Waals surface area contributed by atoms with Crippen molar-refractivity contribution in [2.75, 3.05) is 18.9 Å². The third-order valence-corrected chi connectivity index (χ3v) is 1.06. The lowest BCUT2D eigenvalue weighted by molar-refractivity contribution is 0.0577. The van der Waals surface area contributed by atoms with Gasteiger partial charge in [0.25, 0.3) is 0 Å². The molecule has 0 aliphatic rings. The summed E-state index contributed by atoms with van der Waals surface area (Å²) in [6.45, 7) is -0.0363. The van der Waals surface area contributed by atoms with Crippen LogP contribution in [-0.2, 0) is 0 Å². The third kappa shape index (κ3) is 1.53. The molecular weight excluding hydrogens is 150 g/mol. The summed E-state index contributed by atoms with van der Waals surface area (Å²) in [7, 11) is 0. The smallest absolute Gasteiger partial charge is 0.205 e. The second kappa shape index (κ2) is 3.11.